The van der Waals surface area contributed by atoms with Crippen LogP contribution in [0.5, 0.6) is 5.75 Å². The molecular weight excluding hydrogens is 268 g/mol. The van der Waals surface area contributed by atoms with Crippen molar-refractivity contribution in [2.75, 3.05) is 0 Å². The van der Waals surface area contributed by atoms with Crippen molar-refractivity contribution in [3.05, 3.63) is 51.7 Å². The second kappa shape index (κ2) is 5.53. The number of benzene rings is 1. The average Bonchev–Trinajstić information content (AvgIpc) is 2.82. The molecule has 2 rings (SSSR count). The highest BCUT2D eigenvalue weighted by molar-refractivity contribution is 7.16. The monoisotopic (exact) mass is 278 g/mol. The fourth-order valence-corrected chi connectivity index (χ4v) is 2.25. The van der Waals surface area contributed by atoms with Gasteiger partial charge >= 0.3 is 11.9 Å². The van der Waals surface area contributed by atoms with Crippen LogP contribution in [0.15, 0.2) is 36.4 Å². The van der Waals surface area contributed by atoms with E-state index in [9.17, 15) is 9.59 Å². The van der Waals surface area contributed by atoms with Crippen molar-refractivity contribution >= 4 is 23.3 Å². The smallest absolute Gasteiger partial charge is 0.349 e. The predicted molar refractivity (Wildman–Crippen MR) is 69.0 cm³/mol. The first-order valence-electron chi connectivity index (χ1n) is 5.35. The van der Waals surface area contributed by atoms with E-state index in [1.807, 2.05) is 30.3 Å². The lowest BCUT2D eigenvalue weighted by Gasteiger charge is -2.04. The Morgan fingerprint density at radius 2 is 1.79 bits per heavy atom. The third-order valence-corrected chi connectivity index (χ3v) is 3.43. The second-order valence-electron chi connectivity index (χ2n) is 3.69. The predicted octanol–water partition coefficient (Wildman–Crippen LogP) is 2.72. The van der Waals surface area contributed by atoms with Crippen molar-refractivity contribution < 1.29 is 24.5 Å². The zero-order valence-electron chi connectivity index (χ0n) is 9.70. The molecule has 0 aliphatic rings. The molecule has 6 heteroatoms. The molecule has 1 heterocycles. The molecule has 0 unspecified atom stereocenters. The molecule has 0 radical (unpaired) electrons. The molecular formula is C13H10O5S. The summed E-state index contributed by atoms with van der Waals surface area (Å²) in [5.74, 6) is -2.28. The summed E-state index contributed by atoms with van der Waals surface area (Å²) in [5, 5.41) is 17.8. The molecule has 0 aliphatic heterocycles. The minimum Gasteiger partial charge on any atom is -0.487 e. The Kier molecular flexibility index (Phi) is 3.82. The van der Waals surface area contributed by atoms with Gasteiger partial charge in [0.05, 0.1) is 0 Å². The molecule has 2 N–H and O–H groups in total. The maximum absolute atomic E-state index is 11.0. The number of aromatic carboxylic acids is 2. The van der Waals surface area contributed by atoms with Crippen LogP contribution in [0.3, 0.4) is 0 Å². The molecule has 19 heavy (non-hydrogen) atoms. The largest absolute Gasteiger partial charge is 0.487 e. The molecule has 0 fully saturated rings. The number of rotatable bonds is 5. The fourth-order valence-electron chi connectivity index (χ4n) is 1.47. The summed E-state index contributed by atoms with van der Waals surface area (Å²) >= 11 is 0.687. The average molecular weight is 278 g/mol. The molecule has 0 aliphatic carbocycles. The van der Waals surface area contributed by atoms with Crippen LogP contribution >= 0.6 is 11.3 Å². The number of thiophene rings is 1. The van der Waals surface area contributed by atoms with Crippen LogP contribution < -0.4 is 4.74 Å². The van der Waals surface area contributed by atoms with Gasteiger partial charge in [0, 0.05) is 6.07 Å². The first-order valence-corrected chi connectivity index (χ1v) is 6.16. The van der Waals surface area contributed by atoms with Gasteiger partial charge in [0.1, 0.15) is 17.2 Å². The Bertz CT molecular complexity index is 603. The van der Waals surface area contributed by atoms with Gasteiger partial charge in [-0.2, -0.15) is 0 Å². The van der Waals surface area contributed by atoms with E-state index >= 15 is 0 Å². The summed E-state index contributed by atoms with van der Waals surface area (Å²) in [6.07, 6.45) is 0. The zero-order valence-corrected chi connectivity index (χ0v) is 10.5. The highest BCUT2D eigenvalue weighted by Gasteiger charge is 2.20. The van der Waals surface area contributed by atoms with E-state index in [-0.39, 0.29) is 22.1 Å². The van der Waals surface area contributed by atoms with Gasteiger partial charge in [-0.1, -0.05) is 30.3 Å². The summed E-state index contributed by atoms with van der Waals surface area (Å²) in [4.78, 5) is 21.7. The summed E-state index contributed by atoms with van der Waals surface area (Å²) in [5.41, 5.74) is 0.877. The third-order valence-electron chi connectivity index (χ3n) is 2.34. The number of carboxylic acid groups (broad SMARTS) is 2. The molecule has 0 spiro atoms. The van der Waals surface area contributed by atoms with Crippen LogP contribution in [0, 0.1) is 0 Å². The van der Waals surface area contributed by atoms with Gasteiger partial charge in [-0.05, 0) is 5.56 Å². The first kappa shape index (κ1) is 13.1. The maximum Gasteiger partial charge on any atom is 0.349 e. The Morgan fingerprint density at radius 3 is 2.37 bits per heavy atom. The van der Waals surface area contributed by atoms with Crippen molar-refractivity contribution in [1.29, 1.82) is 0 Å². The molecule has 0 saturated heterocycles. The van der Waals surface area contributed by atoms with Crippen LogP contribution in [0.4, 0.5) is 0 Å². The molecule has 0 amide bonds. The van der Waals surface area contributed by atoms with E-state index in [4.69, 9.17) is 14.9 Å². The summed E-state index contributed by atoms with van der Waals surface area (Å²) in [6, 6.07) is 10.5. The van der Waals surface area contributed by atoms with Crippen molar-refractivity contribution in [1.82, 2.24) is 0 Å². The minimum absolute atomic E-state index is 0.0551. The number of hydrogen-bond acceptors (Lipinski definition) is 4. The van der Waals surface area contributed by atoms with E-state index in [1.165, 1.54) is 6.07 Å². The Labute approximate surface area is 112 Å². The van der Waals surface area contributed by atoms with Crippen molar-refractivity contribution in [2.24, 2.45) is 0 Å². The Morgan fingerprint density at radius 1 is 1.11 bits per heavy atom. The van der Waals surface area contributed by atoms with Crippen LogP contribution in [0.2, 0.25) is 0 Å². The summed E-state index contributed by atoms with van der Waals surface area (Å²) in [6.45, 7) is 0.191. The van der Waals surface area contributed by atoms with Crippen molar-refractivity contribution in [3.8, 4) is 5.75 Å². The highest BCUT2D eigenvalue weighted by Crippen LogP contribution is 2.30. The molecule has 5 nitrogen and oxygen atoms in total. The van der Waals surface area contributed by atoms with Crippen LogP contribution in [-0.4, -0.2) is 22.2 Å². The fraction of sp³-hybridized carbons (Fsp3) is 0.0769. The minimum atomic E-state index is -1.19. The highest BCUT2D eigenvalue weighted by atomic mass is 32.1. The van der Waals surface area contributed by atoms with Gasteiger partial charge in [0.25, 0.3) is 0 Å². The number of carboxylic acids is 2. The van der Waals surface area contributed by atoms with E-state index in [2.05, 4.69) is 0 Å². The van der Waals surface area contributed by atoms with Gasteiger partial charge in [-0.15, -0.1) is 11.3 Å². The van der Waals surface area contributed by atoms with Gasteiger partial charge in [0.15, 0.2) is 4.88 Å². The Balaban J connectivity index is 2.19. The van der Waals surface area contributed by atoms with Crippen molar-refractivity contribution in [2.45, 2.75) is 6.61 Å². The number of hydrogen-bond donors (Lipinski definition) is 2. The van der Waals surface area contributed by atoms with Crippen LogP contribution in [-0.2, 0) is 6.61 Å². The van der Waals surface area contributed by atoms with Crippen LogP contribution in [0.25, 0.3) is 0 Å². The molecule has 1 aromatic heterocycles. The lowest BCUT2D eigenvalue weighted by Crippen LogP contribution is -1.99. The Hall–Kier alpha value is -2.34. The quantitative estimate of drug-likeness (QED) is 0.878. The lowest BCUT2D eigenvalue weighted by molar-refractivity contribution is 0.0689. The standard InChI is InChI=1S/C13H10O5S/c14-12(15)10-6-9(11(19-10)13(16)17)18-7-8-4-2-1-3-5-8/h1-6H,7H2,(H,14,15)(H,16,17). The zero-order chi connectivity index (χ0) is 13.8. The number of ether oxygens (including phenoxy) is 1. The van der Waals surface area contributed by atoms with Gasteiger partial charge in [-0.3, -0.25) is 0 Å². The van der Waals surface area contributed by atoms with E-state index in [1.54, 1.807) is 0 Å². The van der Waals surface area contributed by atoms with E-state index < -0.39 is 11.9 Å². The summed E-state index contributed by atoms with van der Waals surface area (Å²) < 4.78 is 5.38. The maximum atomic E-state index is 11.0. The third kappa shape index (κ3) is 3.11. The van der Waals surface area contributed by atoms with Gasteiger partial charge < -0.3 is 14.9 Å². The van der Waals surface area contributed by atoms with Gasteiger partial charge in [0.2, 0.25) is 0 Å². The van der Waals surface area contributed by atoms with Gasteiger partial charge in [-0.25, -0.2) is 9.59 Å². The summed E-state index contributed by atoms with van der Waals surface area (Å²) in [7, 11) is 0. The molecule has 0 atom stereocenters. The molecule has 0 bridgehead atoms. The molecule has 2 aromatic rings. The molecule has 98 valence electrons. The molecule has 0 saturated carbocycles. The topological polar surface area (TPSA) is 83.8 Å². The van der Waals surface area contributed by atoms with E-state index in [0.717, 1.165) is 5.56 Å². The lowest BCUT2D eigenvalue weighted by atomic mass is 10.2. The van der Waals surface area contributed by atoms with Crippen LogP contribution in [0.1, 0.15) is 24.9 Å². The molecule has 1 aromatic carbocycles. The normalized spacial score (nSPS) is 10.1. The number of carbonyl (C=O) groups is 2. The first-order chi connectivity index (χ1) is 9.08. The second-order valence-corrected chi connectivity index (χ2v) is 4.74. The van der Waals surface area contributed by atoms with Crippen molar-refractivity contribution in [3.63, 3.8) is 0 Å². The van der Waals surface area contributed by atoms with E-state index in [0.29, 0.717) is 11.3 Å². The SMILES string of the molecule is O=C(O)c1cc(OCc2ccccc2)c(C(=O)O)s1.